The number of pyridine rings is 1. The van der Waals surface area contributed by atoms with E-state index < -0.39 is 11.3 Å². The van der Waals surface area contributed by atoms with Gasteiger partial charge in [0.15, 0.2) is 0 Å². The van der Waals surface area contributed by atoms with Crippen LogP contribution in [0.1, 0.15) is 71.9 Å². The second-order valence-corrected chi connectivity index (χ2v) is 10.9. The van der Waals surface area contributed by atoms with Crippen molar-refractivity contribution in [1.82, 2.24) is 14.8 Å². The molecular weight excluding hydrogens is 458 g/mol. The van der Waals surface area contributed by atoms with E-state index in [9.17, 15) is 14.9 Å². The van der Waals surface area contributed by atoms with E-state index in [2.05, 4.69) is 34.3 Å². The molecule has 2 fully saturated rings. The molecule has 35 heavy (non-hydrogen) atoms. The van der Waals surface area contributed by atoms with Crippen LogP contribution in [0.2, 0.25) is 0 Å². The van der Waals surface area contributed by atoms with Crippen molar-refractivity contribution >= 4 is 23.2 Å². The Bertz CT molecular complexity index is 1090. The topological polar surface area (TPSA) is 103 Å². The van der Waals surface area contributed by atoms with Crippen LogP contribution in [0, 0.1) is 30.6 Å². The maximum atomic E-state index is 13.3. The number of nitrogens with zero attached hydrogens (tertiary/aromatic N) is 4. The van der Waals surface area contributed by atoms with Gasteiger partial charge in [-0.25, -0.2) is 0 Å². The molecule has 186 valence electrons. The number of primary amides is 1. The smallest absolute Gasteiger partial charge is 0.250 e. The quantitative estimate of drug-likeness (QED) is 0.569. The van der Waals surface area contributed by atoms with E-state index in [1.54, 1.807) is 11.3 Å². The zero-order chi connectivity index (χ0) is 25.2. The molecule has 0 radical (unpaired) electrons. The van der Waals surface area contributed by atoms with Gasteiger partial charge in [-0.2, -0.15) is 16.6 Å². The van der Waals surface area contributed by atoms with Gasteiger partial charge in [0.25, 0.3) is 5.91 Å². The summed E-state index contributed by atoms with van der Waals surface area (Å²) in [5.41, 5.74) is 8.94. The van der Waals surface area contributed by atoms with Gasteiger partial charge in [-0.3, -0.25) is 14.6 Å². The first kappa shape index (κ1) is 25.3. The Morgan fingerprint density at radius 2 is 2.06 bits per heavy atom. The number of thiophene rings is 1. The molecule has 1 saturated heterocycles. The van der Waals surface area contributed by atoms with Crippen LogP contribution in [0.5, 0.6) is 0 Å². The van der Waals surface area contributed by atoms with Crippen molar-refractivity contribution in [3.05, 3.63) is 51.0 Å². The van der Waals surface area contributed by atoms with Gasteiger partial charge in [0.05, 0.1) is 17.3 Å². The first-order valence-electron chi connectivity index (χ1n) is 12.5. The van der Waals surface area contributed by atoms with E-state index in [1.807, 2.05) is 30.2 Å². The van der Waals surface area contributed by atoms with Crippen LogP contribution in [0.25, 0.3) is 0 Å². The SMILES string of the molecule is Cc1cc(CC[C@@H](C)N2CCC(N(Cc3ccsc3)C(=O)C3(C#N)CC3)CC2)nc(C)c1C(N)=O. The van der Waals surface area contributed by atoms with Crippen molar-refractivity contribution in [2.75, 3.05) is 13.1 Å². The highest BCUT2D eigenvalue weighted by Crippen LogP contribution is 2.47. The normalized spacial score (nSPS) is 18.6. The van der Waals surface area contributed by atoms with Gasteiger partial charge in [0.1, 0.15) is 5.41 Å². The molecule has 8 heteroatoms. The molecule has 1 atom stereocenters. The largest absolute Gasteiger partial charge is 0.366 e. The highest BCUT2D eigenvalue weighted by Gasteiger charge is 2.53. The molecule has 2 N–H and O–H groups in total. The molecule has 0 bridgehead atoms. The summed E-state index contributed by atoms with van der Waals surface area (Å²) in [6.07, 6.45) is 5.03. The second kappa shape index (κ2) is 10.5. The zero-order valence-corrected chi connectivity index (χ0v) is 21.7. The summed E-state index contributed by atoms with van der Waals surface area (Å²) in [5.74, 6) is -0.405. The minimum Gasteiger partial charge on any atom is -0.366 e. The lowest BCUT2D eigenvalue weighted by Gasteiger charge is -2.41. The Morgan fingerprint density at radius 3 is 2.60 bits per heavy atom. The lowest BCUT2D eigenvalue weighted by Crippen LogP contribution is -2.50. The molecule has 4 rings (SSSR count). The predicted molar refractivity (Wildman–Crippen MR) is 137 cm³/mol. The van der Waals surface area contributed by atoms with E-state index in [0.717, 1.165) is 55.6 Å². The van der Waals surface area contributed by atoms with Crippen LogP contribution in [0.4, 0.5) is 0 Å². The summed E-state index contributed by atoms with van der Waals surface area (Å²) in [4.78, 5) is 34.1. The second-order valence-electron chi connectivity index (χ2n) is 10.2. The zero-order valence-electron chi connectivity index (χ0n) is 20.9. The number of hydrogen-bond acceptors (Lipinski definition) is 6. The number of aryl methyl sites for hydroxylation is 3. The first-order chi connectivity index (χ1) is 16.7. The van der Waals surface area contributed by atoms with E-state index in [-0.39, 0.29) is 11.9 Å². The van der Waals surface area contributed by atoms with Crippen molar-refractivity contribution in [3.8, 4) is 6.07 Å². The Kier molecular flexibility index (Phi) is 7.58. The molecule has 2 aliphatic rings. The number of nitriles is 1. The number of nitrogens with two attached hydrogens (primary N) is 1. The summed E-state index contributed by atoms with van der Waals surface area (Å²) in [7, 11) is 0. The monoisotopic (exact) mass is 493 g/mol. The molecule has 1 saturated carbocycles. The van der Waals surface area contributed by atoms with Gasteiger partial charge in [0.2, 0.25) is 5.91 Å². The van der Waals surface area contributed by atoms with E-state index >= 15 is 0 Å². The fourth-order valence-corrected chi connectivity index (χ4v) is 5.97. The van der Waals surface area contributed by atoms with Gasteiger partial charge >= 0.3 is 0 Å². The number of hydrogen-bond donors (Lipinski definition) is 1. The maximum absolute atomic E-state index is 13.3. The van der Waals surface area contributed by atoms with Crippen LogP contribution in [0.15, 0.2) is 22.9 Å². The van der Waals surface area contributed by atoms with Crippen LogP contribution < -0.4 is 5.73 Å². The molecular formula is C27H35N5O2S. The molecule has 0 unspecified atom stereocenters. The average Bonchev–Trinajstić information content (AvgIpc) is 3.47. The summed E-state index contributed by atoms with van der Waals surface area (Å²) in [6.45, 7) is 8.47. The molecule has 1 aliphatic carbocycles. The van der Waals surface area contributed by atoms with Crippen molar-refractivity contribution in [1.29, 1.82) is 5.26 Å². The lowest BCUT2D eigenvalue weighted by molar-refractivity contribution is -0.139. The Morgan fingerprint density at radius 1 is 1.34 bits per heavy atom. The fraction of sp³-hybridized carbons (Fsp3) is 0.556. The number of aromatic nitrogens is 1. The van der Waals surface area contributed by atoms with Gasteiger partial charge < -0.3 is 15.5 Å². The highest BCUT2D eigenvalue weighted by atomic mass is 32.1. The molecule has 1 aliphatic heterocycles. The van der Waals surface area contributed by atoms with Crippen LogP contribution in [0.3, 0.4) is 0 Å². The predicted octanol–water partition coefficient (Wildman–Crippen LogP) is 3.98. The van der Waals surface area contributed by atoms with Crippen LogP contribution >= 0.6 is 11.3 Å². The van der Waals surface area contributed by atoms with Gasteiger partial charge in [0, 0.05) is 37.4 Å². The Balaban J connectivity index is 1.35. The number of rotatable bonds is 9. The lowest BCUT2D eigenvalue weighted by atomic mass is 9.97. The molecule has 0 spiro atoms. The third-order valence-electron chi connectivity index (χ3n) is 7.65. The molecule has 3 heterocycles. The Labute approximate surface area is 211 Å². The average molecular weight is 494 g/mol. The maximum Gasteiger partial charge on any atom is 0.250 e. The van der Waals surface area contributed by atoms with Crippen LogP contribution in [-0.4, -0.2) is 51.8 Å². The standard InChI is InChI=1S/C27H35N5O2S/c1-18-14-22(30-20(3)24(18)25(29)33)5-4-19(2)31-11-6-23(7-12-31)32(15-21-8-13-35-16-21)26(34)27(17-28)9-10-27/h8,13-14,16,19,23H,4-7,9-12,15H2,1-3H3,(H2,29,33)/t19-/m1/s1. The number of carbonyl (C=O) groups excluding carboxylic acids is 2. The molecule has 2 aromatic heterocycles. The molecule has 7 nitrogen and oxygen atoms in total. The molecule has 2 amide bonds. The van der Waals surface area contributed by atoms with Crippen molar-refractivity contribution < 1.29 is 9.59 Å². The van der Waals surface area contributed by atoms with Gasteiger partial charge in [-0.1, -0.05) is 0 Å². The molecule has 2 aromatic rings. The third-order valence-corrected chi connectivity index (χ3v) is 8.38. The summed E-state index contributed by atoms with van der Waals surface area (Å²) in [5, 5.41) is 13.7. The summed E-state index contributed by atoms with van der Waals surface area (Å²) in [6, 6.07) is 6.91. The summed E-state index contributed by atoms with van der Waals surface area (Å²) < 4.78 is 0. The van der Waals surface area contributed by atoms with E-state index in [1.165, 1.54) is 0 Å². The minimum absolute atomic E-state index is 0.0221. The number of carbonyl (C=O) groups is 2. The highest BCUT2D eigenvalue weighted by molar-refractivity contribution is 7.07. The number of amides is 2. The number of likely N-dealkylation sites (tertiary alicyclic amines) is 1. The minimum atomic E-state index is -0.784. The molecule has 0 aromatic carbocycles. The third kappa shape index (κ3) is 5.57. The number of piperidine rings is 1. The van der Waals surface area contributed by atoms with Gasteiger partial charge in [-0.05, 0) is 93.3 Å². The van der Waals surface area contributed by atoms with Crippen LogP contribution in [-0.2, 0) is 17.8 Å². The summed E-state index contributed by atoms with van der Waals surface area (Å²) >= 11 is 1.64. The van der Waals surface area contributed by atoms with Crippen molar-refractivity contribution in [2.45, 2.75) is 77.9 Å². The first-order valence-corrected chi connectivity index (χ1v) is 13.4. The van der Waals surface area contributed by atoms with E-state index in [4.69, 9.17) is 5.73 Å². The van der Waals surface area contributed by atoms with E-state index in [0.29, 0.717) is 36.7 Å². The van der Waals surface area contributed by atoms with Gasteiger partial charge in [-0.15, -0.1) is 0 Å². The Hall–Kier alpha value is -2.76. The fourth-order valence-electron chi connectivity index (χ4n) is 5.31. The van der Waals surface area contributed by atoms with Crippen molar-refractivity contribution in [2.24, 2.45) is 11.1 Å². The van der Waals surface area contributed by atoms with Crippen molar-refractivity contribution in [3.63, 3.8) is 0 Å².